The molecule has 2 aromatic rings. The molecule has 1 amide bonds. The Morgan fingerprint density at radius 2 is 2.24 bits per heavy atom. The Bertz CT molecular complexity index is 631. The van der Waals surface area contributed by atoms with Gasteiger partial charge in [0, 0.05) is 28.1 Å². The SMILES string of the molecule is CC(Nc1cccc(Br)c1)C(=O)NN=Cc1cccnc1. The first kappa shape index (κ1) is 15.2. The van der Waals surface area contributed by atoms with Crippen LogP contribution in [0.2, 0.25) is 0 Å². The van der Waals surface area contributed by atoms with Crippen molar-refractivity contribution in [3.05, 3.63) is 58.8 Å². The number of anilines is 1. The Balaban J connectivity index is 1.87. The molecular weight excluding hydrogens is 332 g/mol. The Labute approximate surface area is 131 Å². The fourth-order valence-electron chi connectivity index (χ4n) is 1.61. The minimum Gasteiger partial charge on any atom is -0.374 e. The summed E-state index contributed by atoms with van der Waals surface area (Å²) in [5, 5.41) is 7.01. The molecule has 6 heteroatoms. The van der Waals surface area contributed by atoms with Gasteiger partial charge in [0.05, 0.1) is 6.21 Å². The van der Waals surface area contributed by atoms with E-state index in [0.29, 0.717) is 0 Å². The normalized spacial score (nSPS) is 12.1. The molecule has 0 saturated heterocycles. The molecule has 21 heavy (non-hydrogen) atoms. The van der Waals surface area contributed by atoms with Gasteiger partial charge in [-0.1, -0.05) is 28.1 Å². The van der Waals surface area contributed by atoms with E-state index in [1.807, 2.05) is 30.3 Å². The van der Waals surface area contributed by atoms with Gasteiger partial charge in [0.2, 0.25) is 0 Å². The quantitative estimate of drug-likeness (QED) is 0.646. The maximum Gasteiger partial charge on any atom is 0.262 e. The lowest BCUT2D eigenvalue weighted by Gasteiger charge is -2.13. The molecule has 5 nitrogen and oxygen atoms in total. The van der Waals surface area contributed by atoms with E-state index in [0.717, 1.165) is 15.7 Å². The molecule has 0 aliphatic heterocycles. The fraction of sp³-hybridized carbons (Fsp3) is 0.133. The van der Waals surface area contributed by atoms with E-state index in [2.05, 4.69) is 36.8 Å². The van der Waals surface area contributed by atoms with Crippen molar-refractivity contribution < 1.29 is 4.79 Å². The standard InChI is InChI=1S/C15H15BrN4O/c1-11(19-14-6-2-5-13(16)8-14)15(21)20-18-10-12-4-3-7-17-9-12/h2-11,19H,1H3,(H,20,21). The highest BCUT2D eigenvalue weighted by Crippen LogP contribution is 2.16. The molecule has 0 bridgehead atoms. The highest BCUT2D eigenvalue weighted by molar-refractivity contribution is 9.10. The van der Waals surface area contributed by atoms with Crippen LogP contribution in [0.4, 0.5) is 5.69 Å². The highest BCUT2D eigenvalue weighted by Gasteiger charge is 2.11. The summed E-state index contributed by atoms with van der Waals surface area (Å²) in [6.45, 7) is 1.77. The number of amides is 1. The lowest BCUT2D eigenvalue weighted by atomic mass is 10.2. The van der Waals surface area contributed by atoms with Crippen LogP contribution in [0.5, 0.6) is 0 Å². The van der Waals surface area contributed by atoms with Crippen LogP contribution in [0, 0.1) is 0 Å². The Morgan fingerprint density at radius 1 is 1.38 bits per heavy atom. The molecule has 108 valence electrons. The van der Waals surface area contributed by atoms with Gasteiger partial charge in [0.25, 0.3) is 5.91 Å². The van der Waals surface area contributed by atoms with Crippen molar-refractivity contribution in [2.24, 2.45) is 5.10 Å². The number of aromatic nitrogens is 1. The molecule has 2 rings (SSSR count). The molecule has 1 aromatic carbocycles. The smallest absolute Gasteiger partial charge is 0.262 e. The average Bonchev–Trinajstić information content (AvgIpc) is 2.48. The van der Waals surface area contributed by atoms with Crippen molar-refractivity contribution in [1.29, 1.82) is 0 Å². The van der Waals surface area contributed by atoms with Crippen molar-refractivity contribution in [3.8, 4) is 0 Å². The zero-order valence-electron chi connectivity index (χ0n) is 11.5. The highest BCUT2D eigenvalue weighted by atomic mass is 79.9. The molecule has 0 radical (unpaired) electrons. The lowest BCUT2D eigenvalue weighted by molar-refractivity contribution is -0.121. The van der Waals surface area contributed by atoms with Crippen LogP contribution in [0.1, 0.15) is 12.5 Å². The van der Waals surface area contributed by atoms with Gasteiger partial charge < -0.3 is 5.32 Å². The number of halogens is 1. The third-order valence-electron chi connectivity index (χ3n) is 2.67. The summed E-state index contributed by atoms with van der Waals surface area (Å²) in [5.41, 5.74) is 4.18. The Morgan fingerprint density at radius 3 is 2.95 bits per heavy atom. The van der Waals surface area contributed by atoms with Gasteiger partial charge in [-0.2, -0.15) is 5.10 Å². The van der Waals surface area contributed by atoms with Crippen LogP contribution in [0.3, 0.4) is 0 Å². The van der Waals surface area contributed by atoms with Crippen LogP contribution in [-0.4, -0.2) is 23.1 Å². The van der Waals surface area contributed by atoms with Gasteiger partial charge in [0.1, 0.15) is 6.04 Å². The maximum atomic E-state index is 11.9. The van der Waals surface area contributed by atoms with Crippen molar-refractivity contribution >= 4 is 33.7 Å². The lowest BCUT2D eigenvalue weighted by Crippen LogP contribution is -2.34. The number of hydrazone groups is 1. The predicted molar refractivity (Wildman–Crippen MR) is 87.2 cm³/mol. The summed E-state index contributed by atoms with van der Waals surface area (Å²) in [6, 6.07) is 10.9. The number of nitrogens with one attached hydrogen (secondary N) is 2. The van der Waals surface area contributed by atoms with Crippen molar-refractivity contribution in [1.82, 2.24) is 10.4 Å². The van der Waals surface area contributed by atoms with E-state index in [1.165, 1.54) is 0 Å². The van der Waals surface area contributed by atoms with Crippen molar-refractivity contribution in [3.63, 3.8) is 0 Å². The summed E-state index contributed by atoms with van der Waals surface area (Å²) in [4.78, 5) is 15.9. The van der Waals surface area contributed by atoms with Gasteiger partial charge in [-0.15, -0.1) is 0 Å². The molecule has 1 unspecified atom stereocenters. The summed E-state index contributed by atoms with van der Waals surface area (Å²) >= 11 is 3.39. The summed E-state index contributed by atoms with van der Waals surface area (Å²) < 4.78 is 0.953. The van der Waals surface area contributed by atoms with E-state index in [-0.39, 0.29) is 5.91 Å². The number of nitrogens with zero attached hydrogens (tertiary/aromatic N) is 2. The van der Waals surface area contributed by atoms with Gasteiger partial charge in [-0.05, 0) is 31.2 Å². The molecule has 2 N–H and O–H groups in total. The summed E-state index contributed by atoms with van der Waals surface area (Å²) in [6.07, 6.45) is 4.90. The van der Waals surface area contributed by atoms with Crippen molar-refractivity contribution in [2.45, 2.75) is 13.0 Å². The number of pyridine rings is 1. The van der Waals surface area contributed by atoms with Crippen LogP contribution in [0.15, 0.2) is 58.4 Å². The Hall–Kier alpha value is -2.21. The van der Waals surface area contributed by atoms with Crippen LogP contribution < -0.4 is 10.7 Å². The zero-order valence-corrected chi connectivity index (χ0v) is 13.0. The minimum absolute atomic E-state index is 0.213. The third-order valence-corrected chi connectivity index (χ3v) is 3.17. The molecule has 1 heterocycles. The zero-order chi connectivity index (χ0) is 15.1. The monoisotopic (exact) mass is 346 g/mol. The Kier molecular flexibility index (Phi) is 5.45. The van der Waals surface area contributed by atoms with Gasteiger partial charge >= 0.3 is 0 Å². The number of benzene rings is 1. The maximum absolute atomic E-state index is 11.9. The largest absolute Gasteiger partial charge is 0.374 e. The van der Waals surface area contributed by atoms with E-state index in [1.54, 1.807) is 31.6 Å². The molecule has 0 aliphatic rings. The first-order valence-electron chi connectivity index (χ1n) is 6.40. The molecule has 1 aromatic heterocycles. The van der Waals surface area contributed by atoms with Gasteiger partial charge in [-0.3, -0.25) is 9.78 Å². The van der Waals surface area contributed by atoms with Gasteiger partial charge in [-0.25, -0.2) is 5.43 Å². The first-order chi connectivity index (χ1) is 10.1. The molecule has 0 aliphatic carbocycles. The molecule has 0 fully saturated rings. The third kappa shape index (κ3) is 5.00. The first-order valence-corrected chi connectivity index (χ1v) is 7.19. The fourth-order valence-corrected chi connectivity index (χ4v) is 2.01. The second-order valence-corrected chi connectivity index (χ2v) is 5.31. The number of carbonyl (C=O) groups is 1. The van der Waals surface area contributed by atoms with E-state index in [9.17, 15) is 4.79 Å². The van der Waals surface area contributed by atoms with E-state index >= 15 is 0 Å². The molecular formula is C15H15BrN4O. The van der Waals surface area contributed by atoms with Crippen LogP contribution in [0.25, 0.3) is 0 Å². The predicted octanol–water partition coefficient (Wildman–Crippen LogP) is 2.79. The number of hydrogen-bond donors (Lipinski definition) is 2. The minimum atomic E-state index is -0.398. The van der Waals surface area contributed by atoms with Crippen LogP contribution in [-0.2, 0) is 4.79 Å². The topological polar surface area (TPSA) is 66.4 Å². The van der Waals surface area contributed by atoms with Gasteiger partial charge in [0.15, 0.2) is 0 Å². The number of carbonyl (C=O) groups excluding carboxylic acids is 1. The molecule has 0 spiro atoms. The molecule has 0 saturated carbocycles. The van der Waals surface area contributed by atoms with Crippen LogP contribution >= 0.6 is 15.9 Å². The number of hydrogen-bond acceptors (Lipinski definition) is 4. The number of rotatable bonds is 5. The van der Waals surface area contributed by atoms with Crippen molar-refractivity contribution in [2.75, 3.05) is 5.32 Å². The average molecular weight is 347 g/mol. The molecule has 1 atom stereocenters. The second-order valence-electron chi connectivity index (χ2n) is 4.40. The second kappa shape index (κ2) is 7.54. The van der Waals surface area contributed by atoms with E-state index < -0.39 is 6.04 Å². The van der Waals surface area contributed by atoms with E-state index in [4.69, 9.17) is 0 Å². The summed E-state index contributed by atoms with van der Waals surface area (Å²) in [5.74, 6) is -0.213. The summed E-state index contributed by atoms with van der Waals surface area (Å²) in [7, 11) is 0.